The van der Waals surface area contributed by atoms with E-state index in [4.69, 9.17) is 4.52 Å². The van der Waals surface area contributed by atoms with Crippen molar-refractivity contribution >= 4 is 15.9 Å². The lowest BCUT2D eigenvalue weighted by Crippen LogP contribution is -2.41. The van der Waals surface area contributed by atoms with Crippen LogP contribution in [0.3, 0.4) is 0 Å². The topological polar surface area (TPSA) is 96.6 Å². The monoisotopic (exact) mass is 428 g/mol. The van der Waals surface area contributed by atoms with Crippen LogP contribution in [0.4, 0.5) is 0 Å². The number of aromatic nitrogens is 2. The number of carbonyl (C=O) groups excluding carboxylic acids is 1. The van der Waals surface area contributed by atoms with E-state index in [1.807, 2.05) is 31.2 Å². The molecule has 8 nitrogen and oxygen atoms in total. The van der Waals surface area contributed by atoms with Crippen LogP contribution >= 0.6 is 0 Å². The van der Waals surface area contributed by atoms with Gasteiger partial charge in [0.15, 0.2) is 0 Å². The van der Waals surface area contributed by atoms with Gasteiger partial charge in [0.05, 0.1) is 12.8 Å². The highest BCUT2D eigenvalue weighted by Crippen LogP contribution is 2.25. The number of benzene rings is 2. The van der Waals surface area contributed by atoms with Crippen molar-refractivity contribution in [3.05, 3.63) is 71.6 Å². The molecule has 0 fully saturated rings. The Morgan fingerprint density at radius 2 is 1.70 bits per heavy atom. The zero-order chi connectivity index (χ0) is 21.9. The summed E-state index contributed by atoms with van der Waals surface area (Å²) in [4.78, 5) is 19.0. The predicted molar refractivity (Wildman–Crippen MR) is 113 cm³/mol. The fourth-order valence-electron chi connectivity index (χ4n) is 3.08. The molecule has 0 aliphatic rings. The first-order chi connectivity index (χ1) is 14.2. The van der Waals surface area contributed by atoms with Crippen LogP contribution < -0.4 is 0 Å². The molecular weight excluding hydrogens is 404 g/mol. The lowest BCUT2D eigenvalue weighted by atomic mass is 10.1. The van der Waals surface area contributed by atoms with Gasteiger partial charge in [-0.2, -0.15) is 9.29 Å². The molecule has 1 amide bonds. The Morgan fingerprint density at radius 1 is 1.07 bits per heavy atom. The molecule has 0 saturated carbocycles. The summed E-state index contributed by atoms with van der Waals surface area (Å²) in [5, 5.41) is 4.01. The molecule has 0 aliphatic carbocycles. The summed E-state index contributed by atoms with van der Waals surface area (Å²) in [6, 6.07) is 15.4. The Balaban J connectivity index is 1.84. The second-order valence-corrected chi connectivity index (χ2v) is 9.16. The molecule has 1 aromatic heterocycles. The average molecular weight is 429 g/mol. The van der Waals surface area contributed by atoms with E-state index < -0.39 is 22.0 Å². The molecule has 0 aliphatic heterocycles. The van der Waals surface area contributed by atoms with Crippen LogP contribution in [0.25, 0.3) is 11.4 Å². The molecule has 3 rings (SSSR count). The van der Waals surface area contributed by atoms with Gasteiger partial charge in [-0.15, -0.1) is 0 Å². The summed E-state index contributed by atoms with van der Waals surface area (Å²) in [6.45, 7) is 2.01. The number of nitrogens with zero attached hydrogens (tertiary/aromatic N) is 4. The van der Waals surface area contributed by atoms with Gasteiger partial charge >= 0.3 is 0 Å². The van der Waals surface area contributed by atoms with Crippen LogP contribution in [-0.2, 0) is 21.4 Å². The van der Waals surface area contributed by atoms with Gasteiger partial charge in [0.1, 0.15) is 6.04 Å². The molecule has 0 bridgehead atoms. The summed E-state index contributed by atoms with van der Waals surface area (Å²) in [6.07, 6.45) is 1.07. The molecule has 158 valence electrons. The van der Waals surface area contributed by atoms with E-state index in [1.54, 1.807) is 37.4 Å². The highest BCUT2D eigenvalue weighted by atomic mass is 32.2. The first-order valence-corrected chi connectivity index (χ1v) is 11.1. The Hall–Kier alpha value is -3.04. The molecule has 1 heterocycles. The van der Waals surface area contributed by atoms with Crippen molar-refractivity contribution in [3.8, 4) is 11.4 Å². The van der Waals surface area contributed by atoms with Crippen molar-refractivity contribution < 1.29 is 17.7 Å². The lowest BCUT2D eigenvalue weighted by Gasteiger charge is -2.29. The minimum atomic E-state index is -3.60. The van der Waals surface area contributed by atoms with Crippen LogP contribution in [0.2, 0.25) is 0 Å². The third kappa shape index (κ3) is 4.74. The second-order valence-electron chi connectivity index (χ2n) is 7.11. The summed E-state index contributed by atoms with van der Waals surface area (Å²) in [7, 11) is -0.638. The number of sulfonamides is 1. The predicted octanol–water partition coefficient (Wildman–Crippen LogP) is 2.64. The number of likely N-dealkylation sites (N-methyl/N-ethyl adjacent to an activating group) is 2. The maximum Gasteiger partial charge on any atom is 0.246 e. The Morgan fingerprint density at radius 3 is 2.33 bits per heavy atom. The molecule has 2 aromatic carbocycles. The Kier molecular flexibility index (Phi) is 6.33. The van der Waals surface area contributed by atoms with Crippen molar-refractivity contribution in [2.75, 3.05) is 20.4 Å². The second kappa shape index (κ2) is 8.76. The summed E-state index contributed by atoms with van der Waals surface area (Å²) in [5.74, 6) is 0.305. The van der Waals surface area contributed by atoms with E-state index >= 15 is 0 Å². The van der Waals surface area contributed by atoms with Gasteiger partial charge in [-0.1, -0.05) is 59.8 Å². The highest BCUT2D eigenvalue weighted by molar-refractivity contribution is 7.88. The van der Waals surface area contributed by atoms with Crippen molar-refractivity contribution in [1.29, 1.82) is 0 Å². The third-order valence-corrected chi connectivity index (χ3v) is 6.10. The standard InChI is InChI=1S/C21H24N4O4S/c1-15-10-8-9-13-17(15)20-22-18(29-23-20)14-24(2)21(26)19(25(3)30(4,27)28)16-11-6-5-7-12-16/h5-13,19H,14H2,1-4H3. The summed E-state index contributed by atoms with van der Waals surface area (Å²) in [5.41, 5.74) is 2.43. The molecule has 0 radical (unpaired) electrons. The Labute approximate surface area is 176 Å². The first kappa shape index (κ1) is 21.7. The molecule has 30 heavy (non-hydrogen) atoms. The molecule has 0 saturated heterocycles. The SMILES string of the molecule is Cc1ccccc1-c1noc(CN(C)C(=O)C(c2ccccc2)N(C)S(C)(=O)=O)n1. The number of aryl methyl sites for hydroxylation is 1. The van der Waals surface area contributed by atoms with Crippen LogP contribution in [0, 0.1) is 6.92 Å². The van der Waals surface area contributed by atoms with E-state index in [0.717, 1.165) is 21.7 Å². The van der Waals surface area contributed by atoms with E-state index in [9.17, 15) is 13.2 Å². The first-order valence-electron chi connectivity index (χ1n) is 9.30. The van der Waals surface area contributed by atoms with Crippen molar-refractivity contribution in [3.63, 3.8) is 0 Å². The molecule has 1 unspecified atom stereocenters. The quantitative estimate of drug-likeness (QED) is 0.574. The molecule has 3 aromatic rings. The minimum absolute atomic E-state index is 0.0542. The largest absolute Gasteiger partial charge is 0.337 e. The number of hydrogen-bond donors (Lipinski definition) is 0. The Bertz CT molecular complexity index is 1130. The number of amides is 1. The van der Waals surface area contributed by atoms with Crippen molar-refractivity contribution in [2.24, 2.45) is 0 Å². The van der Waals surface area contributed by atoms with Gasteiger partial charge in [0, 0.05) is 19.7 Å². The fraction of sp³-hybridized carbons (Fsp3) is 0.286. The van der Waals surface area contributed by atoms with Crippen molar-refractivity contribution in [1.82, 2.24) is 19.3 Å². The van der Waals surface area contributed by atoms with Crippen LogP contribution in [-0.4, -0.2) is 54.0 Å². The van der Waals surface area contributed by atoms with Gasteiger partial charge in [-0.05, 0) is 18.1 Å². The van der Waals surface area contributed by atoms with E-state index in [-0.39, 0.29) is 12.4 Å². The normalized spacial score (nSPS) is 12.7. The lowest BCUT2D eigenvalue weighted by molar-refractivity contribution is -0.134. The smallest absolute Gasteiger partial charge is 0.246 e. The minimum Gasteiger partial charge on any atom is -0.337 e. The average Bonchev–Trinajstić information content (AvgIpc) is 3.16. The molecular formula is C21H24N4O4S. The summed E-state index contributed by atoms with van der Waals surface area (Å²) < 4.78 is 30.7. The van der Waals surface area contributed by atoms with E-state index in [1.165, 1.54) is 11.9 Å². The number of rotatable bonds is 7. The number of hydrogen-bond acceptors (Lipinski definition) is 6. The van der Waals surface area contributed by atoms with Gasteiger partial charge in [0.25, 0.3) is 0 Å². The summed E-state index contributed by atoms with van der Waals surface area (Å²) >= 11 is 0. The zero-order valence-corrected chi connectivity index (χ0v) is 18.1. The fourth-order valence-corrected chi connectivity index (χ4v) is 3.67. The maximum absolute atomic E-state index is 13.2. The highest BCUT2D eigenvalue weighted by Gasteiger charge is 2.33. The molecule has 1 atom stereocenters. The van der Waals surface area contributed by atoms with E-state index in [0.29, 0.717) is 11.4 Å². The van der Waals surface area contributed by atoms with E-state index in [2.05, 4.69) is 10.1 Å². The zero-order valence-electron chi connectivity index (χ0n) is 17.3. The van der Waals surface area contributed by atoms with Gasteiger partial charge in [0.2, 0.25) is 27.6 Å². The van der Waals surface area contributed by atoms with Crippen LogP contribution in [0.15, 0.2) is 59.1 Å². The van der Waals surface area contributed by atoms with Crippen LogP contribution in [0.1, 0.15) is 23.1 Å². The van der Waals surface area contributed by atoms with Gasteiger partial charge < -0.3 is 9.42 Å². The van der Waals surface area contributed by atoms with Crippen molar-refractivity contribution in [2.45, 2.75) is 19.5 Å². The van der Waals surface area contributed by atoms with Gasteiger partial charge in [-0.25, -0.2) is 8.42 Å². The van der Waals surface area contributed by atoms with Gasteiger partial charge in [-0.3, -0.25) is 4.79 Å². The molecule has 0 N–H and O–H groups in total. The number of carbonyl (C=O) groups is 1. The maximum atomic E-state index is 13.2. The van der Waals surface area contributed by atoms with Crippen LogP contribution in [0.5, 0.6) is 0 Å². The molecule has 9 heteroatoms. The molecule has 0 spiro atoms. The third-order valence-electron chi connectivity index (χ3n) is 4.84.